The van der Waals surface area contributed by atoms with Crippen molar-refractivity contribution >= 4 is 11.3 Å². The van der Waals surface area contributed by atoms with Crippen LogP contribution in [0.2, 0.25) is 0 Å². The van der Waals surface area contributed by atoms with Gasteiger partial charge in [-0.15, -0.1) is 11.3 Å². The lowest BCUT2D eigenvalue weighted by Crippen LogP contribution is -2.17. The van der Waals surface area contributed by atoms with E-state index in [0.717, 1.165) is 17.1 Å². The summed E-state index contributed by atoms with van der Waals surface area (Å²) >= 11 is 1.52. The maximum Gasteiger partial charge on any atom is 0.257 e. The third-order valence-corrected chi connectivity index (χ3v) is 3.49. The molecule has 0 saturated carbocycles. The summed E-state index contributed by atoms with van der Waals surface area (Å²) in [6, 6.07) is 0. The van der Waals surface area contributed by atoms with Gasteiger partial charge in [0.15, 0.2) is 0 Å². The molecule has 0 aliphatic rings. The van der Waals surface area contributed by atoms with Crippen LogP contribution >= 0.6 is 11.3 Å². The maximum absolute atomic E-state index is 11.8. The molecule has 2 rings (SSSR count). The molecular weight excluding hydrogens is 250 g/mol. The van der Waals surface area contributed by atoms with Gasteiger partial charge in [-0.05, 0) is 13.3 Å². The maximum atomic E-state index is 11.8. The van der Waals surface area contributed by atoms with E-state index in [1.165, 1.54) is 11.3 Å². The Kier molecular flexibility index (Phi) is 3.76. The predicted molar refractivity (Wildman–Crippen MR) is 70.2 cm³/mol. The predicted octanol–water partition coefficient (Wildman–Crippen LogP) is 1.78. The highest BCUT2D eigenvalue weighted by Crippen LogP contribution is 2.15. The van der Waals surface area contributed by atoms with Crippen LogP contribution < -0.4 is 5.56 Å². The number of aryl methyl sites for hydroxylation is 1. The van der Waals surface area contributed by atoms with Gasteiger partial charge in [-0.2, -0.15) is 4.98 Å². The molecule has 96 valence electrons. The lowest BCUT2D eigenvalue weighted by atomic mass is 10.2. The molecule has 0 fully saturated rings. The number of nitrogens with zero attached hydrogens (tertiary/aromatic N) is 2. The summed E-state index contributed by atoms with van der Waals surface area (Å²) in [5, 5.41) is 12.6. The highest BCUT2D eigenvalue weighted by atomic mass is 32.1. The van der Waals surface area contributed by atoms with Crippen LogP contribution in [-0.2, 0) is 12.8 Å². The van der Waals surface area contributed by atoms with Gasteiger partial charge in [0, 0.05) is 11.1 Å². The molecule has 5 nitrogen and oxygen atoms in total. The van der Waals surface area contributed by atoms with Crippen molar-refractivity contribution in [2.24, 2.45) is 0 Å². The SMILES string of the molecule is CCCc1c(O)nc(Cc2nc(C)cs2)[nH]c1=O. The summed E-state index contributed by atoms with van der Waals surface area (Å²) in [5.74, 6) is 0.288. The molecule has 0 amide bonds. The molecular formula is C12H15N3O2S. The van der Waals surface area contributed by atoms with Gasteiger partial charge in [-0.3, -0.25) is 4.79 Å². The normalized spacial score (nSPS) is 10.8. The number of aromatic amines is 1. The minimum absolute atomic E-state index is 0.163. The van der Waals surface area contributed by atoms with Gasteiger partial charge in [0.05, 0.1) is 12.0 Å². The van der Waals surface area contributed by atoms with Crippen LogP contribution in [0.15, 0.2) is 10.2 Å². The van der Waals surface area contributed by atoms with Crippen molar-refractivity contribution in [2.45, 2.75) is 33.1 Å². The first-order chi connectivity index (χ1) is 8.60. The number of rotatable bonds is 4. The zero-order chi connectivity index (χ0) is 13.1. The molecule has 0 atom stereocenters. The Hall–Kier alpha value is -1.69. The third-order valence-electron chi connectivity index (χ3n) is 2.53. The standard InChI is InChI=1S/C12H15N3O2S/c1-3-4-8-11(16)14-9(15-12(8)17)5-10-13-7(2)6-18-10/h6H,3-5H2,1-2H3,(H2,14,15,16,17). The molecule has 2 N–H and O–H groups in total. The van der Waals surface area contributed by atoms with E-state index in [1.54, 1.807) is 0 Å². The number of thiazole rings is 1. The molecule has 2 heterocycles. The van der Waals surface area contributed by atoms with E-state index in [1.807, 2.05) is 19.2 Å². The van der Waals surface area contributed by atoms with E-state index < -0.39 is 0 Å². The van der Waals surface area contributed by atoms with Crippen LogP contribution in [0, 0.1) is 6.92 Å². The Morgan fingerprint density at radius 3 is 2.78 bits per heavy atom. The van der Waals surface area contributed by atoms with Crippen LogP contribution in [-0.4, -0.2) is 20.1 Å². The van der Waals surface area contributed by atoms with Crippen LogP contribution in [0.5, 0.6) is 5.88 Å². The van der Waals surface area contributed by atoms with E-state index in [4.69, 9.17) is 0 Å². The van der Waals surface area contributed by atoms with Gasteiger partial charge < -0.3 is 10.1 Å². The summed E-state index contributed by atoms with van der Waals surface area (Å²) in [5.41, 5.74) is 1.05. The number of hydrogen-bond acceptors (Lipinski definition) is 5. The van der Waals surface area contributed by atoms with Gasteiger partial charge in [0.2, 0.25) is 5.88 Å². The minimum atomic E-state index is -0.257. The molecule has 2 aromatic rings. The van der Waals surface area contributed by atoms with Crippen molar-refractivity contribution in [3.05, 3.63) is 37.8 Å². The van der Waals surface area contributed by atoms with Crippen molar-refractivity contribution in [3.63, 3.8) is 0 Å². The molecule has 18 heavy (non-hydrogen) atoms. The van der Waals surface area contributed by atoms with Crippen LogP contribution in [0.1, 0.15) is 35.4 Å². The molecule has 0 saturated heterocycles. The first kappa shape index (κ1) is 12.8. The number of aromatic hydroxyl groups is 1. The second-order valence-corrected chi connectivity index (χ2v) is 5.07. The number of nitrogens with one attached hydrogen (secondary N) is 1. The molecule has 0 unspecified atom stereocenters. The van der Waals surface area contributed by atoms with Gasteiger partial charge in [-0.25, -0.2) is 4.98 Å². The molecule has 0 radical (unpaired) electrons. The summed E-state index contributed by atoms with van der Waals surface area (Å²) in [6.07, 6.45) is 1.77. The van der Waals surface area contributed by atoms with E-state index >= 15 is 0 Å². The lowest BCUT2D eigenvalue weighted by molar-refractivity contribution is 0.439. The van der Waals surface area contributed by atoms with E-state index in [0.29, 0.717) is 24.2 Å². The molecule has 0 aromatic carbocycles. The van der Waals surface area contributed by atoms with Crippen molar-refractivity contribution in [1.82, 2.24) is 15.0 Å². The zero-order valence-electron chi connectivity index (χ0n) is 10.4. The molecule has 0 spiro atoms. The second kappa shape index (κ2) is 5.30. The summed E-state index contributed by atoms with van der Waals surface area (Å²) < 4.78 is 0. The highest BCUT2D eigenvalue weighted by molar-refractivity contribution is 7.09. The minimum Gasteiger partial charge on any atom is -0.493 e. The van der Waals surface area contributed by atoms with Gasteiger partial charge in [0.1, 0.15) is 10.8 Å². The topological polar surface area (TPSA) is 78.9 Å². The number of hydrogen-bond donors (Lipinski definition) is 2. The Morgan fingerprint density at radius 2 is 2.22 bits per heavy atom. The van der Waals surface area contributed by atoms with Crippen molar-refractivity contribution in [2.75, 3.05) is 0 Å². The fourth-order valence-electron chi connectivity index (χ4n) is 1.72. The number of H-pyrrole nitrogens is 1. The second-order valence-electron chi connectivity index (χ2n) is 4.12. The summed E-state index contributed by atoms with van der Waals surface area (Å²) in [4.78, 5) is 22.8. The summed E-state index contributed by atoms with van der Waals surface area (Å²) in [7, 11) is 0. The molecule has 0 bridgehead atoms. The highest BCUT2D eigenvalue weighted by Gasteiger charge is 2.11. The van der Waals surface area contributed by atoms with Crippen LogP contribution in [0.3, 0.4) is 0 Å². The zero-order valence-corrected chi connectivity index (χ0v) is 11.2. The third kappa shape index (κ3) is 2.76. The van der Waals surface area contributed by atoms with Gasteiger partial charge >= 0.3 is 0 Å². The monoisotopic (exact) mass is 265 g/mol. The van der Waals surface area contributed by atoms with Crippen molar-refractivity contribution < 1.29 is 5.11 Å². The van der Waals surface area contributed by atoms with Crippen molar-refractivity contribution in [1.29, 1.82) is 0 Å². The molecule has 6 heteroatoms. The fraction of sp³-hybridized carbons (Fsp3) is 0.417. The average molecular weight is 265 g/mol. The number of aromatic nitrogens is 3. The van der Waals surface area contributed by atoms with E-state index in [9.17, 15) is 9.90 Å². The smallest absolute Gasteiger partial charge is 0.257 e. The van der Waals surface area contributed by atoms with Gasteiger partial charge in [0.25, 0.3) is 5.56 Å². The Morgan fingerprint density at radius 1 is 1.44 bits per heavy atom. The average Bonchev–Trinajstić information content (AvgIpc) is 2.69. The molecule has 0 aliphatic carbocycles. The lowest BCUT2D eigenvalue weighted by Gasteiger charge is -2.03. The largest absolute Gasteiger partial charge is 0.493 e. The van der Waals surface area contributed by atoms with Crippen molar-refractivity contribution in [3.8, 4) is 5.88 Å². The summed E-state index contributed by atoms with van der Waals surface area (Å²) in [6.45, 7) is 3.86. The van der Waals surface area contributed by atoms with E-state index in [-0.39, 0.29) is 11.4 Å². The Balaban J connectivity index is 2.28. The fourth-order valence-corrected chi connectivity index (χ4v) is 2.49. The van der Waals surface area contributed by atoms with Crippen LogP contribution in [0.4, 0.5) is 0 Å². The van der Waals surface area contributed by atoms with Crippen LogP contribution in [0.25, 0.3) is 0 Å². The van der Waals surface area contributed by atoms with Gasteiger partial charge in [-0.1, -0.05) is 13.3 Å². The Bertz CT molecular complexity index is 604. The molecule has 2 aromatic heterocycles. The first-order valence-corrected chi connectivity index (χ1v) is 6.70. The van der Waals surface area contributed by atoms with E-state index in [2.05, 4.69) is 15.0 Å². The first-order valence-electron chi connectivity index (χ1n) is 5.82. The molecule has 0 aliphatic heterocycles. The quantitative estimate of drug-likeness (QED) is 0.883. The Labute approximate surface area is 109 Å².